The van der Waals surface area contributed by atoms with E-state index in [-0.39, 0.29) is 6.04 Å². The first-order chi connectivity index (χ1) is 9.47. The van der Waals surface area contributed by atoms with Crippen LogP contribution in [0.25, 0.3) is 0 Å². The average molecular weight is 283 g/mol. The van der Waals surface area contributed by atoms with E-state index < -0.39 is 11.6 Å². The first-order valence-corrected chi connectivity index (χ1v) is 7.10. The molecule has 1 aliphatic heterocycles. The molecule has 20 heavy (non-hydrogen) atoms. The Hall–Kier alpha value is -1.04. The van der Waals surface area contributed by atoms with Crippen molar-refractivity contribution in [3.63, 3.8) is 0 Å². The average Bonchev–Trinajstić information content (AvgIpc) is 2.54. The normalized spacial score (nSPS) is 23.6. The number of rotatable bonds is 3. The second-order valence-electron chi connectivity index (χ2n) is 5.74. The van der Waals surface area contributed by atoms with Gasteiger partial charge in [-0.1, -0.05) is 6.07 Å². The van der Waals surface area contributed by atoms with E-state index in [1.165, 1.54) is 6.07 Å². The van der Waals surface area contributed by atoms with Crippen LogP contribution >= 0.6 is 0 Å². The fourth-order valence-corrected chi connectivity index (χ4v) is 2.79. The van der Waals surface area contributed by atoms with Crippen LogP contribution in [0.4, 0.5) is 8.78 Å². The second-order valence-corrected chi connectivity index (χ2v) is 5.74. The van der Waals surface area contributed by atoms with Gasteiger partial charge in [0.05, 0.1) is 0 Å². The van der Waals surface area contributed by atoms with Gasteiger partial charge in [0.25, 0.3) is 0 Å². The van der Waals surface area contributed by atoms with Gasteiger partial charge >= 0.3 is 0 Å². The summed E-state index contributed by atoms with van der Waals surface area (Å²) in [5.74, 6) is -1.66. The Morgan fingerprint density at radius 2 is 2.05 bits per heavy atom. The summed E-state index contributed by atoms with van der Waals surface area (Å²) in [6, 6.07) is 4.03. The van der Waals surface area contributed by atoms with Crippen molar-refractivity contribution >= 4 is 0 Å². The number of benzene rings is 1. The molecule has 112 valence electrons. The maximum Gasteiger partial charge on any atom is 0.159 e. The minimum absolute atomic E-state index is 0.295. The predicted octanol–water partition coefficient (Wildman–Crippen LogP) is 1.99. The first-order valence-electron chi connectivity index (χ1n) is 7.10. The van der Waals surface area contributed by atoms with Crippen LogP contribution in [0.2, 0.25) is 0 Å². The topological polar surface area (TPSA) is 32.5 Å². The Bertz CT molecular complexity index is 453. The van der Waals surface area contributed by atoms with Gasteiger partial charge in [0.1, 0.15) is 0 Å². The molecule has 3 nitrogen and oxygen atoms in total. The van der Waals surface area contributed by atoms with Crippen molar-refractivity contribution < 1.29 is 8.78 Å². The minimum atomic E-state index is -0.832. The molecule has 1 aromatic carbocycles. The van der Waals surface area contributed by atoms with Gasteiger partial charge in [-0.2, -0.15) is 0 Å². The molecule has 5 heteroatoms. The van der Waals surface area contributed by atoms with Crippen molar-refractivity contribution in [3.05, 3.63) is 35.4 Å². The van der Waals surface area contributed by atoms with Crippen molar-refractivity contribution in [1.82, 2.24) is 9.80 Å². The van der Waals surface area contributed by atoms with E-state index in [1.54, 1.807) is 6.07 Å². The minimum Gasteiger partial charge on any atom is -0.323 e. The van der Waals surface area contributed by atoms with Crippen LogP contribution in [0.3, 0.4) is 0 Å². The van der Waals surface area contributed by atoms with Gasteiger partial charge in [0.15, 0.2) is 11.6 Å². The third-order valence-corrected chi connectivity index (χ3v) is 3.99. The van der Waals surface area contributed by atoms with E-state index in [2.05, 4.69) is 23.8 Å². The smallest absolute Gasteiger partial charge is 0.159 e. The van der Waals surface area contributed by atoms with Crippen LogP contribution in [0.5, 0.6) is 0 Å². The maximum absolute atomic E-state index is 13.3. The van der Waals surface area contributed by atoms with E-state index in [1.807, 2.05) is 0 Å². The van der Waals surface area contributed by atoms with E-state index in [0.29, 0.717) is 18.2 Å². The number of hydrogen-bond acceptors (Lipinski definition) is 3. The van der Waals surface area contributed by atoms with Crippen molar-refractivity contribution in [2.45, 2.75) is 25.4 Å². The number of hydrogen-bond donors (Lipinski definition) is 1. The summed E-state index contributed by atoms with van der Waals surface area (Å²) >= 11 is 0. The number of halogens is 2. The van der Waals surface area contributed by atoms with E-state index in [4.69, 9.17) is 5.73 Å². The van der Waals surface area contributed by atoms with Gasteiger partial charge in [0, 0.05) is 25.2 Å². The van der Waals surface area contributed by atoms with Gasteiger partial charge < -0.3 is 10.6 Å². The molecular weight excluding hydrogens is 260 g/mol. The molecule has 2 unspecified atom stereocenters. The van der Waals surface area contributed by atoms with Crippen LogP contribution in [0.1, 0.15) is 24.9 Å². The summed E-state index contributed by atoms with van der Waals surface area (Å²) in [4.78, 5) is 4.64. The van der Waals surface area contributed by atoms with Crippen LogP contribution in [-0.4, -0.2) is 49.1 Å². The summed E-state index contributed by atoms with van der Waals surface area (Å²) < 4.78 is 26.2. The van der Waals surface area contributed by atoms with Gasteiger partial charge in [-0.3, -0.25) is 4.90 Å². The van der Waals surface area contributed by atoms with Crippen LogP contribution in [0.15, 0.2) is 18.2 Å². The Labute approximate surface area is 119 Å². The van der Waals surface area contributed by atoms with Gasteiger partial charge in [-0.25, -0.2) is 8.78 Å². The zero-order valence-corrected chi connectivity index (χ0v) is 12.1. The lowest BCUT2D eigenvalue weighted by molar-refractivity contribution is 0.191. The Balaban J connectivity index is 2.02. The zero-order chi connectivity index (χ0) is 14.7. The van der Waals surface area contributed by atoms with Gasteiger partial charge in [0.2, 0.25) is 0 Å². The molecule has 0 bridgehead atoms. The van der Waals surface area contributed by atoms with E-state index >= 15 is 0 Å². The molecule has 2 rings (SSSR count). The monoisotopic (exact) mass is 283 g/mol. The lowest BCUT2D eigenvalue weighted by atomic mass is 10.1. The number of nitrogens with two attached hydrogens (primary N) is 1. The summed E-state index contributed by atoms with van der Waals surface area (Å²) in [5.41, 5.74) is 6.80. The highest BCUT2D eigenvalue weighted by Crippen LogP contribution is 2.18. The Morgan fingerprint density at radius 1 is 1.30 bits per heavy atom. The molecule has 1 fully saturated rings. The van der Waals surface area contributed by atoms with Crippen molar-refractivity contribution in [2.75, 3.05) is 33.2 Å². The highest BCUT2D eigenvalue weighted by atomic mass is 19.2. The van der Waals surface area contributed by atoms with Crippen molar-refractivity contribution in [1.29, 1.82) is 0 Å². The van der Waals surface area contributed by atoms with Crippen molar-refractivity contribution in [3.8, 4) is 0 Å². The van der Waals surface area contributed by atoms with Gasteiger partial charge in [-0.05, 0) is 51.2 Å². The quantitative estimate of drug-likeness (QED) is 0.921. The molecule has 0 radical (unpaired) electrons. The molecule has 2 N–H and O–H groups in total. The molecule has 0 aliphatic carbocycles. The Kier molecular flexibility index (Phi) is 5.07. The highest BCUT2D eigenvalue weighted by molar-refractivity contribution is 5.21. The molecular formula is C15H23F2N3. The molecule has 0 saturated carbocycles. The van der Waals surface area contributed by atoms with E-state index in [9.17, 15) is 8.78 Å². The molecule has 1 aliphatic rings. The zero-order valence-electron chi connectivity index (χ0n) is 12.1. The fourth-order valence-electron chi connectivity index (χ4n) is 2.79. The number of likely N-dealkylation sites (N-methyl/N-ethyl adjacent to an activating group) is 1. The largest absolute Gasteiger partial charge is 0.323 e. The number of nitrogens with zero attached hydrogens (tertiary/aromatic N) is 2. The highest BCUT2D eigenvalue weighted by Gasteiger charge is 2.22. The third-order valence-electron chi connectivity index (χ3n) is 3.99. The lowest BCUT2D eigenvalue weighted by Gasteiger charge is -2.30. The maximum atomic E-state index is 13.3. The Morgan fingerprint density at radius 3 is 2.75 bits per heavy atom. The lowest BCUT2D eigenvalue weighted by Crippen LogP contribution is -2.41. The van der Waals surface area contributed by atoms with E-state index in [0.717, 1.165) is 32.1 Å². The molecule has 0 spiro atoms. The summed E-state index contributed by atoms with van der Waals surface area (Å²) in [7, 11) is 2.12. The summed E-state index contributed by atoms with van der Waals surface area (Å²) in [5, 5.41) is 0. The SMILES string of the molecule is CC1CN(C)CCCN1CC(N)c1ccc(F)c(F)c1. The molecule has 1 heterocycles. The summed E-state index contributed by atoms with van der Waals surface area (Å²) in [6.07, 6.45) is 1.10. The molecule has 2 atom stereocenters. The van der Waals surface area contributed by atoms with Crippen molar-refractivity contribution in [2.24, 2.45) is 5.73 Å². The molecule has 0 amide bonds. The first kappa shape index (κ1) is 15.4. The standard InChI is InChI=1S/C15H23F2N3/c1-11-9-19(2)6-3-7-20(11)10-15(18)12-4-5-13(16)14(17)8-12/h4-5,8,11,15H,3,6-7,9-10,18H2,1-2H3. The van der Waals surface area contributed by atoms with Crippen LogP contribution in [0, 0.1) is 11.6 Å². The molecule has 1 aromatic rings. The van der Waals surface area contributed by atoms with Crippen LogP contribution < -0.4 is 5.73 Å². The molecule has 1 saturated heterocycles. The van der Waals surface area contributed by atoms with Gasteiger partial charge in [-0.15, -0.1) is 0 Å². The second kappa shape index (κ2) is 6.61. The summed E-state index contributed by atoms with van der Waals surface area (Å²) in [6.45, 7) is 5.93. The molecule has 0 aromatic heterocycles. The third kappa shape index (κ3) is 3.75. The fraction of sp³-hybridized carbons (Fsp3) is 0.600. The predicted molar refractivity (Wildman–Crippen MR) is 76.4 cm³/mol. The van der Waals surface area contributed by atoms with Crippen LogP contribution in [-0.2, 0) is 0 Å².